The molecule has 102 valence electrons. The van der Waals surface area contributed by atoms with E-state index in [2.05, 4.69) is 25.3 Å². The number of rotatable bonds is 9. The van der Waals surface area contributed by atoms with Crippen LogP contribution in [0.3, 0.4) is 0 Å². The number of quaternary nitrogens is 2. The van der Waals surface area contributed by atoms with Gasteiger partial charge in [-0.05, 0) is 0 Å². The summed E-state index contributed by atoms with van der Waals surface area (Å²) >= 11 is 8.11. The highest BCUT2D eigenvalue weighted by molar-refractivity contribution is 7.80. The van der Waals surface area contributed by atoms with Crippen LogP contribution in [0.1, 0.15) is 0 Å². The summed E-state index contributed by atoms with van der Waals surface area (Å²) in [5, 5.41) is 22.9. The number of aliphatic hydroxyl groups excluding tert-OH is 2. The average molecular weight is 313 g/mol. The van der Waals surface area contributed by atoms with Crippen molar-refractivity contribution in [2.24, 2.45) is 0 Å². The molecule has 4 nitrogen and oxygen atoms in total. The number of aliphatic hydroxyl groups is 2. The molecule has 0 heterocycles. The van der Waals surface area contributed by atoms with Crippen LogP contribution < -0.4 is 35.4 Å². The lowest BCUT2D eigenvalue weighted by Crippen LogP contribution is -3.00. The largest absolute Gasteiger partial charge is 1.00 e. The van der Waals surface area contributed by atoms with Crippen molar-refractivity contribution in [2.45, 2.75) is 12.2 Å². The molecule has 0 saturated carbocycles. The predicted octanol–water partition coefficient (Wildman–Crippen LogP) is -9.30. The molecule has 8 heteroatoms. The normalized spacial score (nSPS) is 13.5. The molecule has 0 aromatic heterocycles. The highest BCUT2D eigenvalue weighted by Crippen LogP contribution is 1.85. The van der Waals surface area contributed by atoms with Crippen LogP contribution in [-0.2, 0) is 0 Å². The molecule has 0 rings (SSSR count). The molecule has 2 unspecified atom stereocenters. The van der Waals surface area contributed by atoms with Gasteiger partial charge in [-0.3, -0.25) is 0 Å². The Kier molecular flexibility index (Phi) is 22.5. The minimum atomic E-state index is -0.647. The molecule has 0 spiro atoms. The molecule has 0 aliphatic carbocycles. The Morgan fingerprint density at radius 2 is 1.12 bits per heavy atom. The Morgan fingerprint density at radius 3 is 1.38 bits per heavy atom. The number of halogens is 2. The van der Waals surface area contributed by atoms with E-state index < -0.39 is 12.2 Å². The maximum Gasteiger partial charge on any atom is 0.134 e. The Bertz CT molecular complexity index is 125. The van der Waals surface area contributed by atoms with Crippen LogP contribution in [0.2, 0.25) is 0 Å². The van der Waals surface area contributed by atoms with Gasteiger partial charge in [0.05, 0.1) is 13.1 Å². The summed E-state index contributed by atoms with van der Waals surface area (Å²) in [5.41, 5.74) is 0. The monoisotopic (exact) mass is 312 g/mol. The number of hydrogen-bond donors (Lipinski definition) is 6. The Morgan fingerprint density at radius 1 is 0.812 bits per heavy atom. The van der Waals surface area contributed by atoms with Crippen LogP contribution in [0.25, 0.3) is 0 Å². The molecule has 0 aromatic rings. The number of nitrogens with two attached hydrogens (primary N) is 2. The zero-order valence-corrected chi connectivity index (χ0v) is 12.4. The molecular formula is C8H22Cl2N2O2S2. The van der Waals surface area contributed by atoms with E-state index in [9.17, 15) is 10.2 Å². The van der Waals surface area contributed by atoms with E-state index in [0.29, 0.717) is 13.1 Å². The molecule has 0 saturated heterocycles. The maximum atomic E-state index is 9.50. The highest BCUT2D eigenvalue weighted by atomic mass is 35.5. The number of hydrogen-bond acceptors (Lipinski definition) is 4. The van der Waals surface area contributed by atoms with E-state index in [-0.39, 0.29) is 24.8 Å². The van der Waals surface area contributed by atoms with Gasteiger partial charge in [0.2, 0.25) is 0 Å². The van der Waals surface area contributed by atoms with Crippen molar-refractivity contribution in [3.63, 3.8) is 0 Å². The van der Waals surface area contributed by atoms with E-state index in [1.165, 1.54) is 0 Å². The average Bonchev–Trinajstić information content (AvgIpc) is 2.18. The summed E-state index contributed by atoms with van der Waals surface area (Å²) in [5.74, 6) is 1.57. The van der Waals surface area contributed by atoms with Crippen molar-refractivity contribution in [2.75, 3.05) is 37.7 Å². The second kappa shape index (κ2) is 16.1. The summed E-state index contributed by atoms with van der Waals surface area (Å²) in [6.45, 7) is 2.81. The molecule has 0 radical (unpaired) electrons. The van der Waals surface area contributed by atoms with Crippen LogP contribution in [-0.4, -0.2) is 60.1 Å². The van der Waals surface area contributed by atoms with Crippen LogP contribution >= 0.6 is 25.3 Å². The molecule has 6 N–H and O–H groups in total. The van der Waals surface area contributed by atoms with Crippen molar-refractivity contribution in [3.05, 3.63) is 0 Å². The van der Waals surface area contributed by atoms with E-state index in [1.54, 1.807) is 0 Å². The third-order valence-electron chi connectivity index (χ3n) is 1.93. The van der Waals surface area contributed by atoms with Gasteiger partial charge in [0.1, 0.15) is 25.3 Å². The van der Waals surface area contributed by atoms with E-state index in [4.69, 9.17) is 0 Å². The van der Waals surface area contributed by atoms with E-state index in [1.807, 2.05) is 10.6 Å². The SMILES string of the molecule is OC(C[NH2+]CCS)C(O)C[NH2+]CCS.[Cl-].[Cl-]. The van der Waals surface area contributed by atoms with Gasteiger partial charge in [-0.15, -0.1) is 0 Å². The topological polar surface area (TPSA) is 73.7 Å². The third-order valence-corrected chi connectivity index (χ3v) is 2.44. The summed E-state index contributed by atoms with van der Waals surface area (Å²) in [6.07, 6.45) is -1.29. The van der Waals surface area contributed by atoms with Gasteiger partial charge in [-0.25, -0.2) is 0 Å². The van der Waals surface area contributed by atoms with Crippen LogP contribution in [0, 0.1) is 0 Å². The van der Waals surface area contributed by atoms with Gasteiger partial charge in [0.15, 0.2) is 0 Å². The predicted molar refractivity (Wildman–Crippen MR) is 63.0 cm³/mol. The molecule has 0 bridgehead atoms. The van der Waals surface area contributed by atoms with Gasteiger partial charge < -0.3 is 45.7 Å². The van der Waals surface area contributed by atoms with Gasteiger partial charge in [-0.1, -0.05) is 0 Å². The quantitative estimate of drug-likeness (QED) is 0.189. The molecule has 16 heavy (non-hydrogen) atoms. The first-order valence-corrected chi connectivity index (χ1v) is 6.20. The Labute approximate surface area is 121 Å². The number of thiol groups is 2. The van der Waals surface area contributed by atoms with Gasteiger partial charge in [0, 0.05) is 11.5 Å². The summed E-state index contributed by atoms with van der Waals surface area (Å²) < 4.78 is 0. The Balaban J connectivity index is -0.000000845. The van der Waals surface area contributed by atoms with E-state index in [0.717, 1.165) is 24.6 Å². The molecule has 2 atom stereocenters. The lowest BCUT2D eigenvalue weighted by Gasteiger charge is -2.14. The second-order valence-corrected chi connectivity index (χ2v) is 4.10. The van der Waals surface area contributed by atoms with Crippen LogP contribution in [0.15, 0.2) is 0 Å². The first-order chi connectivity index (χ1) is 6.72. The molecule has 0 aliphatic heterocycles. The fourth-order valence-corrected chi connectivity index (χ4v) is 1.44. The van der Waals surface area contributed by atoms with Crippen molar-refractivity contribution in [3.8, 4) is 0 Å². The molecule has 0 aliphatic rings. The van der Waals surface area contributed by atoms with Gasteiger partial charge >= 0.3 is 0 Å². The third kappa shape index (κ3) is 13.2. The zero-order valence-electron chi connectivity index (χ0n) is 9.10. The van der Waals surface area contributed by atoms with Gasteiger partial charge in [-0.2, -0.15) is 25.3 Å². The summed E-state index contributed by atoms with van der Waals surface area (Å²) in [7, 11) is 0. The molecule has 0 amide bonds. The Hall–Kier alpha value is 1.12. The summed E-state index contributed by atoms with van der Waals surface area (Å²) in [6, 6.07) is 0. The van der Waals surface area contributed by atoms with Crippen molar-refractivity contribution < 1.29 is 45.7 Å². The molecular weight excluding hydrogens is 291 g/mol. The maximum absolute atomic E-state index is 9.50. The second-order valence-electron chi connectivity index (χ2n) is 3.21. The lowest BCUT2D eigenvalue weighted by molar-refractivity contribution is -0.671. The summed E-state index contributed by atoms with van der Waals surface area (Å²) in [4.78, 5) is 0. The first-order valence-electron chi connectivity index (χ1n) is 4.93. The highest BCUT2D eigenvalue weighted by Gasteiger charge is 2.18. The van der Waals surface area contributed by atoms with Crippen molar-refractivity contribution >= 4 is 25.3 Å². The van der Waals surface area contributed by atoms with Crippen LogP contribution in [0.4, 0.5) is 0 Å². The lowest BCUT2D eigenvalue weighted by atomic mass is 10.2. The zero-order chi connectivity index (χ0) is 10.8. The fourth-order valence-electron chi connectivity index (χ4n) is 1.07. The first kappa shape index (κ1) is 22.3. The standard InChI is InChI=1S/C8H20N2O2S2.2ClH/c11-7(5-9-1-3-13)8(12)6-10-2-4-14;;/h7-14H,1-6H2;2*1H. The minimum Gasteiger partial charge on any atom is -1.00 e. The van der Waals surface area contributed by atoms with Crippen LogP contribution in [0.5, 0.6) is 0 Å². The van der Waals surface area contributed by atoms with Crippen molar-refractivity contribution in [1.29, 1.82) is 0 Å². The van der Waals surface area contributed by atoms with Gasteiger partial charge in [0.25, 0.3) is 0 Å². The molecule has 0 fully saturated rings. The van der Waals surface area contributed by atoms with E-state index >= 15 is 0 Å². The van der Waals surface area contributed by atoms with Crippen molar-refractivity contribution in [1.82, 2.24) is 0 Å². The fraction of sp³-hybridized carbons (Fsp3) is 1.00. The smallest absolute Gasteiger partial charge is 0.134 e. The minimum absolute atomic E-state index is 0. The molecule has 0 aromatic carbocycles.